The van der Waals surface area contributed by atoms with Gasteiger partial charge in [0.05, 0.1) is 12.0 Å². The van der Waals surface area contributed by atoms with Gasteiger partial charge in [-0.05, 0) is 62.7 Å². The molecule has 1 aliphatic rings. The Bertz CT molecular complexity index is 518. The predicted octanol–water partition coefficient (Wildman–Crippen LogP) is 2.43. The third kappa shape index (κ3) is 3.46. The Morgan fingerprint density at radius 3 is 2.90 bits per heavy atom. The molecule has 0 spiro atoms. The van der Waals surface area contributed by atoms with E-state index in [9.17, 15) is 0 Å². The van der Waals surface area contributed by atoms with Crippen LogP contribution in [0.5, 0.6) is 0 Å². The lowest BCUT2D eigenvalue weighted by atomic mass is 9.98. The van der Waals surface area contributed by atoms with Crippen molar-refractivity contribution in [3.05, 3.63) is 42.3 Å². The summed E-state index contributed by atoms with van der Waals surface area (Å²) < 4.78 is 5.38. The number of pyridine rings is 1. The highest BCUT2D eigenvalue weighted by Crippen LogP contribution is 2.17. The van der Waals surface area contributed by atoms with E-state index in [-0.39, 0.29) is 0 Å². The molecule has 0 aromatic carbocycles. The van der Waals surface area contributed by atoms with E-state index in [1.807, 2.05) is 24.3 Å². The summed E-state index contributed by atoms with van der Waals surface area (Å²) in [4.78, 5) is 4.63. The summed E-state index contributed by atoms with van der Waals surface area (Å²) in [6.07, 6.45) is 4.22. The molecule has 1 fully saturated rings. The van der Waals surface area contributed by atoms with Crippen LogP contribution in [0.2, 0.25) is 0 Å². The zero-order chi connectivity index (χ0) is 13.6. The van der Waals surface area contributed by atoms with Crippen LogP contribution in [0.4, 0.5) is 0 Å². The molecule has 2 aromatic heterocycles. The number of nitrogens with zero attached hydrogens (tertiary/aromatic N) is 1. The fourth-order valence-electron chi connectivity index (χ4n) is 2.63. The average Bonchev–Trinajstić information content (AvgIpc) is 3.03. The van der Waals surface area contributed by atoms with Gasteiger partial charge in [0.1, 0.15) is 5.69 Å². The summed E-state index contributed by atoms with van der Waals surface area (Å²) in [5.41, 5.74) is 1.96. The van der Waals surface area contributed by atoms with Crippen LogP contribution in [0.25, 0.3) is 11.5 Å². The van der Waals surface area contributed by atoms with Gasteiger partial charge in [0.15, 0.2) is 5.76 Å². The maximum atomic E-state index is 5.38. The highest BCUT2D eigenvalue weighted by molar-refractivity contribution is 5.51. The van der Waals surface area contributed by atoms with Crippen molar-refractivity contribution >= 4 is 0 Å². The summed E-state index contributed by atoms with van der Waals surface area (Å²) in [7, 11) is 0. The SMILES string of the molecule is c1cc(CNCC2CCNCC2)nc(-c2ccco2)c1. The minimum Gasteiger partial charge on any atom is -0.463 e. The van der Waals surface area contributed by atoms with Crippen LogP contribution in [0, 0.1) is 5.92 Å². The third-order valence-electron chi connectivity index (χ3n) is 3.78. The lowest BCUT2D eigenvalue weighted by molar-refractivity contribution is 0.356. The molecule has 20 heavy (non-hydrogen) atoms. The van der Waals surface area contributed by atoms with Crippen molar-refractivity contribution in [1.29, 1.82) is 0 Å². The monoisotopic (exact) mass is 271 g/mol. The van der Waals surface area contributed by atoms with Gasteiger partial charge in [0.2, 0.25) is 0 Å². The van der Waals surface area contributed by atoms with Crippen LogP contribution in [0.15, 0.2) is 41.0 Å². The maximum absolute atomic E-state index is 5.38. The number of aromatic nitrogens is 1. The molecule has 0 saturated carbocycles. The summed E-state index contributed by atoms with van der Waals surface area (Å²) in [6, 6.07) is 9.90. The van der Waals surface area contributed by atoms with Gasteiger partial charge in [0.25, 0.3) is 0 Å². The van der Waals surface area contributed by atoms with Crippen molar-refractivity contribution in [2.75, 3.05) is 19.6 Å². The number of hydrogen-bond donors (Lipinski definition) is 2. The third-order valence-corrected chi connectivity index (χ3v) is 3.78. The molecule has 4 nitrogen and oxygen atoms in total. The molecule has 4 heteroatoms. The van der Waals surface area contributed by atoms with Gasteiger partial charge in [-0.25, -0.2) is 4.98 Å². The van der Waals surface area contributed by atoms with Gasteiger partial charge < -0.3 is 15.1 Å². The Morgan fingerprint density at radius 1 is 1.20 bits per heavy atom. The molecule has 1 saturated heterocycles. The molecule has 2 N–H and O–H groups in total. The van der Waals surface area contributed by atoms with E-state index in [0.717, 1.165) is 49.2 Å². The summed E-state index contributed by atoms with van der Waals surface area (Å²) in [6.45, 7) is 4.20. The molecule has 106 valence electrons. The first-order valence-corrected chi connectivity index (χ1v) is 7.33. The average molecular weight is 271 g/mol. The van der Waals surface area contributed by atoms with Crippen LogP contribution in [-0.4, -0.2) is 24.6 Å². The van der Waals surface area contributed by atoms with Gasteiger partial charge in [0, 0.05) is 6.54 Å². The lowest BCUT2D eigenvalue weighted by Crippen LogP contribution is -2.33. The minimum atomic E-state index is 0.796. The molecule has 0 atom stereocenters. The first-order valence-electron chi connectivity index (χ1n) is 7.33. The zero-order valence-corrected chi connectivity index (χ0v) is 11.6. The molecular weight excluding hydrogens is 250 g/mol. The number of piperidine rings is 1. The zero-order valence-electron chi connectivity index (χ0n) is 11.6. The standard InChI is InChI=1S/C16H21N3O/c1-3-14(12-18-11-13-6-8-17-9-7-13)19-15(4-1)16-5-2-10-20-16/h1-5,10,13,17-18H,6-9,11-12H2. The number of hydrogen-bond acceptors (Lipinski definition) is 4. The summed E-state index contributed by atoms with van der Waals surface area (Å²) >= 11 is 0. The van der Waals surface area contributed by atoms with Gasteiger partial charge in [-0.3, -0.25) is 0 Å². The summed E-state index contributed by atoms with van der Waals surface area (Å²) in [5.74, 6) is 1.62. The lowest BCUT2D eigenvalue weighted by Gasteiger charge is -2.22. The van der Waals surface area contributed by atoms with E-state index in [1.165, 1.54) is 12.8 Å². The molecule has 3 rings (SSSR count). The Labute approximate surface area is 119 Å². The van der Waals surface area contributed by atoms with E-state index in [1.54, 1.807) is 6.26 Å². The molecule has 0 aliphatic carbocycles. The summed E-state index contributed by atoms with van der Waals surface area (Å²) in [5, 5.41) is 6.92. The minimum absolute atomic E-state index is 0.796. The Hall–Kier alpha value is -1.65. The molecule has 2 aromatic rings. The second kappa shape index (κ2) is 6.68. The smallest absolute Gasteiger partial charge is 0.152 e. The largest absolute Gasteiger partial charge is 0.463 e. The highest BCUT2D eigenvalue weighted by Gasteiger charge is 2.12. The number of furan rings is 1. The number of nitrogens with one attached hydrogen (secondary N) is 2. The predicted molar refractivity (Wildman–Crippen MR) is 79.2 cm³/mol. The van der Waals surface area contributed by atoms with Gasteiger partial charge in [-0.1, -0.05) is 6.07 Å². The van der Waals surface area contributed by atoms with Crippen molar-refractivity contribution in [3.8, 4) is 11.5 Å². The maximum Gasteiger partial charge on any atom is 0.152 e. The first-order chi connectivity index (χ1) is 9.92. The van der Waals surface area contributed by atoms with Crippen LogP contribution in [0.1, 0.15) is 18.5 Å². The Morgan fingerprint density at radius 2 is 2.10 bits per heavy atom. The second-order valence-corrected chi connectivity index (χ2v) is 5.32. The normalized spacial score (nSPS) is 16.4. The number of rotatable bonds is 5. The Balaban J connectivity index is 1.53. The van der Waals surface area contributed by atoms with Crippen LogP contribution < -0.4 is 10.6 Å². The van der Waals surface area contributed by atoms with Gasteiger partial charge >= 0.3 is 0 Å². The van der Waals surface area contributed by atoms with Crippen molar-refractivity contribution in [2.24, 2.45) is 5.92 Å². The Kier molecular flexibility index (Phi) is 4.46. The molecule has 0 radical (unpaired) electrons. The second-order valence-electron chi connectivity index (χ2n) is 5.32. The van der Waals surface area contributed by atoms with Crippen LogP contribution >= 0.6 is 0 Å². The van der Waals surface area contributed by atoms with Gasteiger partial charge in [-0.2, -0.15) is 0 Å². The van der Waals surface area contributed by atoms with Crippen LogP contribution in [0.3, 0.4) is 0 Å². The van der Waals surface area contributed by atoms with E-state index in [4.69, 9.17) is 4.42 Å². The molecule has 0 amide bonds. The van der Waals surface area contributed by atoms with E-state index < -0.39 is 0 Å². The van der Waals surface area contributed by atoms with E-state index >= 15 is 0 Å². The van der Waals surface area contributed by atoms with E-state index in [0.29, 0.717) is 0 Å². The van der Waals surface area contributed by atoms with Crippen molar-refractivity contribution in [2.45, 2.75) is 19.4 Å². The topological polar surface area (TPSA) is 50.1 Å². The highest BCUT2D eigenvalue weighted by atomic mass is 16.3. The fourth-order valence-corrected chi connectivity index (χ4v) is 2.63. The molecule has 0 bridgehead atoms. The van der Waals surface area contributed by atoms with Crippen molar-refractivity contribution in [3.63, 3.8) is 0 Å². The molecule has 0 unspecified atom stereocenters. The van der Waals surface area contributed by atoms with Crippen molar-refractivity contribution < 1.29 is 4.42 Å². The van der Waals surface area contributed by atoms with Crippen molar-refractivity contribution in [1.82, 2.24) is 15.6 Å². The van der Waals surface area contributed by atoms with Gasteiger partial charge in [-0.15, -0.1) is 0 Å². The molecule has 1 aliphatic heterocycles. The molecule has 3 heterocycles. The molecular formula is C16H21N3O. The van der Waals surface area contributed by atoms with Crippen LogP contribution in [-0.2, 0) is 6.54 Å². The fraction of sp³-hybridized carbons (Fsp3) is 0.438. The van der Waals surface area contributed by atoms with E-state index in [2.05, 4.69) is 21.7 Å². The first kappa shape index (κ1) is 13.3. The quantitative estimate of drug-likeness (QED) is 0.877.